The molecule has 1 aliphatic heterocycles. The maximum Gasteiger partial charge on any atom is 0.258 e. The molecule has 10 heteroatoms. The fourth-order valence-corrected chi connectivity index (χ4v) is 6.61. The minimum atomic E-state index is -3.83. The first kappa shape index (κ1) is 25.7. The highest BCUT2D eigenvalue weighted by Crippen LogP contribution is 2.27. The van der Waals surface area contributed by atoms with E-state index >= 15 is 0 Å². The van der Waals surface area contributed by atoms with Crippen LogP contribution >= 0.6 is 27.5 Å². The van der Waals surface area contributed by atoms with Gasteiger partial charge < -0.3 is 4.57 Å². The van der Waals surface area contributed by atoms with Crippen molar-refractivity contribution in [3.05, 3.63) is 99.6 Å². The Morgan fingerprint density at radius 1 is 1.08 bits per heavy atom. The Bertz CT molecular complexity index is 1570. The maximum absolute atomic E-state index is 13.1. The number of rotatable bonds is 7. The summed E-state index contributed by atoms with van der Waals surface area (Å²) in [4.78, 5) is 13.1. The molecule has 0 radical (unpaired) electrons. The van der Waals surface area contributed by atoms with E-state index in [9.17, 15) is 13.2 Å². The predicted molar refractivity (Wildman–Crippen MR) is 149 cm³/mol. The van der Waals surface area contributed by atoms with Crippen LogP contribution in [0.4, 0.5) is 0 Å². The van der Waals surface area contributed by atoms with E-state index in [1.54, 1.807) is 6.21 Å². The number of sulfonamides is 1. The van der Waals surface area contributed by atoms with Crippen LogP contribution in [0.5, 0.6) is 0 Å². The number of benzene rings is 3. The predicted octanol–water partition coefficient (Wildman–Crippen LogP) is 5.41. The van der Waals surface area contributed by atoms with E-state index in [1.165, 1.54) is 28.6 Å². The van der Waals surface area contributed by atoms with Crippen molar-refractivity contribution in [3.63, 3.8) is 0 Å². The van der Waals surface area contributed by atoms with E-state index in [4.69, 9.17) is 11.6 Å². The fourth-order valence-electron chi connectivity index (χ4n) is 4.57. The van der Waals surface area contributed by atoms with E-state index in [0.717, 1.165) is 26.5 Å². The Morgan fingerprint density at radius 2 is 1.81 bits per heavy atom. The van der Waals surface area contributed by atoms with E-state index in [0.29, 0.717) is 24.4 Å². The largest absolute Gasteiger partial charge is 0.342 e. The average Bonchev–Trinajstić information content (AvgIpc) is 3.52. The molecule has 0 saturated carbocycles. The molecule has 7 nitrogen and oxygen atoms in total. The van der Waals surface area contributed by atoms with Crippen molar-refractivity contribution in [2.45, 2.75) is 30.3 Å². The van der Waals surface area contributed by atoms with Crippen LogP contribution in [-0.4, -0.2) is 42.0 Å². The maximum atomic E-state index is 13.1. The van der Waals surface area contributed by atoms with Crippen LogP contribution in [-0.2, 0) is 21.4 Å². The molecule has 0 bridgehead atoms. The normalized spacial score (nSPS) is 16.5. The lowest BCUT2D eigenvalue weighted by molar-refractivity contribution is -0.124. The molecule has 5 rings (SSSR count). The van der Waals surface area contributed by atoms with Crippen LogP contribution in [0, 0.1) is 0 Å². The Morgan fingerprint density at radius 3 is 2.57 bits per heavy atom. The monoisotopic (exact) mass is 598 g/mol. The van der Waals surface area contributed by atoms with Crippen LogP contribution in [0.1, 0.15) is 24.0 Å². The van der Waals surface area contributed by atoms with Gasteiger partial charge >= 0.3 is 0 Å². The Hall–Kier alpha value is -2.98. The van der Waals surface area contributed by atoms with Crippen molar-refractivity contribution in [2.75, 3.05) is 6.54 Å². The van der Waals surface area contributed by atoms with Gasteiger partial charge in [-0.3, -0.25) is 4.79 Å². The summed E-state index contributed by atoms with van der Waals surface area (Å²) in [6, 6.07) is 21.3. The third-order valence-corrected chi connectivity index (χ3v) is 9.09. The van der Waals surface area contributed by atoms with Crippen molar-refractivity contribution in [2.24, 2.45) is 5.10 Å². The zero-order chi connectivity index (χ0) is 26.0. The zero-order valence-electron chi connectivity index (χ0n) is 19.7. The standard InChI is InChI=1S/C27H24BrClN4O3S/c28-21-9-7-19(8-10-21)17-32-18-20(24-4-1-2-5-25(24)32)16-30-31-27(34)26-6-3-15-33(26)37(35,36)23-13-11-22(29)12-14-23/h1-2,4-5,7-14,16,18,26H,3,6,15,17H2,(H,31,34)/b30-16-/t26-/m0/s1. The van der Waals surface area contributed by atoms with Crippen LogP contribution in [0.25, 0.3) is 10.9 Å². The van der Waals surface area contributed by atoms with Crippen molar-refractivity contribution in [3.8, 4) is 0 Å². The lowest BCUT2D eigenvalue weighted by atomic mass is 10.2. The van der Waals surface area contributed by atoms with Gasteiger partial charge in [0.05, 0.1) is 11.1 Å². The number of hydrazone groups is 1. The number of nitrogens with one attached hydrogen (secondary N) is 1. The van der Waals surface area contributed by atoms with Crippen molar-refractivity contribution in [1.82, 2.24) is 14.3 Å². The Labute approximate surface area is 228 Å². The lowest BCUT2D eigenvalue weighted by Gasteiger charge is -2.22. The van der Waals surface area contributed by atoms with E-state index in [2.05, 4.69) is 43.2 Å². The SMILES string of the molecule is O=C(N/N=C\c1cn(Cc2ccc(Br)cc2)c2ccccc12)[C@@H]1CCCN1S(=O)(=O)c1ccc(Cl)cc1. The number of carbonyl (C=O) groups excluding carboxylic acids is 1. The number of hydrogen-bond acceptors (Lipinski definition) is 4. The van der Waals surface area contributed by atoms with Gasteiger partial charge in [-0.2, -0.15) is 9.41 Å². The van der Waals surface area contributed by atoms with Gasteiger partial charge in [0.1, 0.15) is 6.04 Å². The van der Waals surface area contributed by atoms with Gasteiger partial charge in [-0.1, -0.05) is 57.9 Å². The number of carbonyl (C=O) groups is 1. The van der Waals surface area contributed by atoms with Crippen LogP contribution in [0.15, 0.2) is 93.5 Å². The second-order valence-electron chi connectivity index (χ2n) is 8.82. The number of para-hydroxylation sites is 1. The molecular formula is C27H24BrClN4O3S. The van der Waals surface area contributed by atoms with E-state index < -0.39 is 22.0 Å². The number of fused-ring (bicyclic) bond motifs is 1. The average molecular weight is 600 g/mol. The topological polar surface area (TPSA) is 83.8 Å². The van der Waals surface area contributed by atoms with Gasteiger partial charge in [0.2, 0.25) is 10.0 Å². The summed E-state index contributed by atoms with van der Waals surface area (Å²) in [5.74, 6) is -0.454. The van der Waals surface area contributed by atoms with Crippen LogP contribution in [0.2, 0.25) is 5.02 Å². The van der Waals surface area contributed by atoms with E-state index in [-0.39, 0.29) is 11.4 Å². The molecule has 0 unspecified atom stereocenters. The molecule has 190 valence electrons. The minimum Gasteiger partial charge on any atom is -0.342 e. The second-order valence-corrected chi connectivity index (χ2v) is 12.1. The molecule has 2 heterocycles. The lowest BCUT2D eigenvalue weighted by Crippen LogP contribution is -2.44. The summed E-state index contributed by atoms with van der Waals surface area (Å²) >= 11 is 9.37. The molecule has 1 atom stereocenters. The molecule has 1 aromatic heterocycles. The first-order valence-corrected chi connectivity index (χ1v) is 14.4. The number of nitrogens with zero attached hydrogens (tertiary/aromatic N) is 3. The number of halogens is 2. The quantitative estimate of drug-likeness (QED) is 0.228. The van der Waals surface area contributed by atoms with Crippen LogP contribution in [0.3, 0.4) is 0 Å². The van der Waals surface area contributed by atoms with Gasteiger partial charge in [-0.05, 0) is 60.9 Å². The molecule has 3 aromatic carbocycles. The summed E-state index contributed by atoms with van der Waals surface area (Å²) < 4.78 is 30.7. The van der Waals surface area contributed by atoms with Gasteiger partial charge in [0.25, 0.3) is 5.91 Å². The summed E-state index contributed by atoms with van der Waals surface area (Å²) in [7, 11) is -3.83. The fraction of sp³-hybridized carbons (Fsp3) is 0.185. The molecule has 1 N–H and O–H groups in total. The molecule has 0 spiro atoms. The van der Waals surface area contributed by atoms with Crippen molar-refractivity contribution >= 4 is 60.6 Å². The summed E-state index contributed by atoms with van der Waals surface area (Å²) in [6.07, 6.45) is 4.62. The minimum absolute atomic E-state index is 0.110. The molecule has 1 saturated heterocycles. The highest BCUT2D eigenvalue weighted by atomic mass is 79.9. The van der Waals surface area contributed by atoms with Gasteiger partial charge in [0, 0.05) is 45.2 Å². The van der Waals surface area contributed by atoms with Crippen LogP contribution < -0.4 is 5.43 Å². The molecule has 1 fully saturated rings. The highest BCUT2D eigenvalue weighted by Gasteiger charge is 2.39. The number of amides is 1. The highest BCUT2D eigenvalue weighted by molar-refractivity contribution is 9.10. The third kappa shape index (κ3) is 5.50. The van der Waals surface area contributed by atoms with Gasteiger partial charge in [-0.15, -0.1) is 0 Å². The Kier molecular flexibility index (Phi) is 7.48. The molecule has 37 heavy (non-hydrogen) atoms. The zero-order valence-corrected chi connectivity index (χ0v) is 22.9. The van der Waals surface area contributed by atoms with Crippen molar-refractivity contribution in [1.29, 1.82) is 0 Å². The molecular weight excluding hydrogens is 576 g/mol. The van der Waals surface area contributed by atoms with Gasteiger partial charge in [0.15, 0.2) is 0 Å². The molecule has 1 aliphatic rings. The summed E-state index contributed by atoms with van der Waals surface area (Å²) in [6.45, 7) is 0.962. The van der Waals surface area contributed by atoms with Crippen molar-refractivity contribution < 1.29 is 13.2 Å². The molecule has 1 amide bonds. The van der Waals surface area contributed by atoms with E-state index in [1.807, 2.05) is 42.6 Å². The first-order valence-electron chi connectivity index (χ1n) is 11.8. The smallest absolute Gasteiger partial charge is 0.258 e. The Balaban J connectivity index is 1.32. The first-order chi connectivity index (χ1) is 17.8. The summed E-state index contributed by atoms with van der Waals surface area (Å²) in [5.41, 5.74) is 5.61. The molecule has 4 aromatic rings. The number of aromatic nitrogens is 1. The van der Waals surface area contributed by atoms with Gasteiger partial charge in [-0.25, -0.2) is 13.8 Å². The summed E-state index contributed by atoms with van der Waals surface area (Å²) in [5, 5.41) is 5.64. The second kappa shape index (κ2) is 10.8. The molecule has 0 aliphatic carbocycles. The third-order valence-electron chi connectivity index (χ3n) is 6.39. The number of hydrogen-bond donors (Lipinski definition) is 1.